The Morgan fingerprint density at radius 3 is 1.83 bits per heavy atom. The van der Waals surface area contributed by atoms with Crippen molar-refractivity contribution in [3.63, 3.8) is 0 Å². The highest BCUT2D eigenvalue weighted by molar-refractivity contribution is 7.09. The first-order valence-corrected chi connectivity index (χ1v) is 14.9. The van der Waals surface area contributed by atoms with Crippen LogP contribution in [0.25, 0.3) is 11.1 Å². The molecule has 1 N–H and O–H groups in total. The molecule has 2 amide bonds. The van der Waals surface area contributed by atoms with Gasteiger partial charge in [-0.25, -0.2) is 0 Å². The summed E-state index contributed by atoms with van der Waals surface area (Å²) in [6.45, 7) is 2.22. The van der Waals surface area contributed by atoms with Gasteiger partial charge in [-0.2, -0.15) is 0 Å². The van der Waals surface area contributed by atoms with Crippen LogP contribution >= 0.6 is 11.3 Å². The quantitative estimate of drug-likeness (QED) is 0.204. The fourth-order valence-corrected chi connectivity index (χ4v) is 5.47. The van der Waals surface area contributed by atoms with Crippen LogP contribution in [-0.4, -0.2) is 77.9 Å². The van der Waals surface area contributed by atoms with Crippen LogP contribution in [0.4, 0.5) is 0 Å². The van der Waals surface area contributed by atoms with Gasteiger partial charge in [0.2, 0.25) is 0 Å². The average molecular weight is 584 g/mol. The number of carboxylic acids is 1. The zero-order chi connectivity index (χ0) is 29.9. The van der Waals surface area contributed by atoms with Crippen LogP contribution in [0.1, 0.15) is 37.6 Å². The van der Waals surface area contributed by atoms with E-state index in [1.54, 1.807) is 28.4 Å². The average Bonchev–Trinajstić information content (AvgIpc) is 3.53. The van der Waals surface area contributed by atoms with Gasteiger partial charge >= 0.3 is 5.97 Å². The second kappa shape index (κ2) is 15.1. The predicted molar refractivity (Wildman–Crippen MR) is 168 cm³/mol. The molecule has 0 saturated heterocycles. The number of amides is 2. The minimum Gasteiger partial charge on any atom is -0.481 e. The van der Waals surface area contributed by atoms with Crippen molar-refractivity contribution in [2.24, 2.45) is 0 Å². The van der Waals surface area contributed by atoms with E-state index in [9.17, 15) is 19.5 Å². The summed E-state index contributed by atoms with van der Waals surface area (Å²) < 4.78 is 0. The van der Waals surface area contributed by atoms with Gasteiger partial charge in [0.05, 0.1) is 6.42 Å². The van der Waals surface area contributed by atoms with Gasteiger partial charge in [-0.05, 0) is 60.8 Å². The van der Waals surface area contributed by atoms with Crippen molar-refractivity contribution in [1.29, 1.82) is 0 Å². The molecule has 0 bridgehead atoms. The lowest BCUT2D eigenvalue weighted by Gasteiger charge is -2.26. The van der Waals surface area contributed by atoms with Crippen LogP contribution < -0.4 is 0 Å². The third kappa shape index (κ3) is 8.38. The van der Waals surface area contributed by atoms with Gasteiger partial charge in [0.15, 0.2) is 0 Å². The molecule has 3 aromatic carbocycles. The summed E-state index contributed by atoms with van der Waals surface area (Å²) in [4.78, 5) is 46.2. The SMILES string of the molecule is CN(C)CCN(Cc1ccccc1)C(=O)c1ccccc1-c1ccccc1C(=O)N(CCC(=O)O)CCc1cccs1. The first kappa shape index (κ1) is 30.7. The number of carboxylic acid groups (broad SMARTS) is 1. The molecule has 4 rings (SSSR count). The summed E-state index contributed by atoms with van der Waals surface area (Å²) in [6, 6.07) is 28.6. The Labute approximate surface area is 251 Å². The number of nitrogens with zero attached hydrogens (tertiary/aromatic N) is 3. The maximum Gasteiger partial charge on any atom is 0.305 e. The number of carbonyl (C=O) groups is 3. The summed E-state index contributed by atoms with van der Waals surface area (Å²) in [7, 11) is 3.96. The fourth-order valence-electron chi connectivity index (χ4n) is 4.77. The Balaban J connectivity index is 1.67. The summed E-state index contributed by atoms with van der Waals surface area (Å²) in [5.74, 6) is -1.32. The minimum absolute atomic E-state index is 0.101. The predicted octanol–water partition coefficient (Wildman–Crippen LogP) is 5.78. The summed E-state index contributed by atoms with van der Waals surface area (Å²) in [5, 5.41) is 11.3. The van der Waals surface area contributed by atoms with Crippen LogP contribution in [0.3, 0.4) is 0 Å². The molecule has 0 radical (unpaired) electrons. The highest BCUT2D eigenvalue weighted by Crippen LogP contribution is 2.30. The van der Waals surface area contributed by atoms with E-state index in [1.807, 2.05) is 108 Å². The van der Waals surface area contributed by atoms with Crippen LogP contribution in [0.15, 0.2) is 96.4 Å². The number of aliphatic carboxylic acids is 1. The molecule has 7 nitrogen and oxygen atoms in total. The fraction of sp³-hybridized carbons (Fsp3) is 0.265. The molecule has 0 aliphatic rings. The highest BCUT2D eigenvalue weighted by atomic mass is 32.1. The Bertz CT molecular complexity index is 1470. The van der Waals surface area contributed by atoms with Crippen molar-refractivity contribution in [2.45, 2.75) is 19.4 Å². The van der Waals surface area contributed by atoms with Crippen LogP contribution in [0, 0.1) is 0 Å². The van der Waals surface area contributed by atoms with E-state index in [0.29, 0.717) is 54.9 Å². The maximum absolute atomic E-state index is 14.1. The topological polar surface area (TPSA) is 81.2 Å². The van der Waals surface area contributed by atoms with Crippen molar-refractivity contribution >= 4 is 29.1 Å². The molecule has 0 unspecified atom stereocenters. The Morgan fingerprint density at radius 2 is 1.26 bits per heavy atom. The van der Waals surface area contributed by atoms with Gasteiger partial charge < -0.3 is 19.8 Å². The first-order chi connectivity index (χ1) is 20.3. The first-order valence-electron chi connectivity index (χ1n) is 14.0. The van der Waals surface area contributed by atoms with Crippen molar-refractivity contribution in [3.8, 4) is 11.1 Å². The molecular weight excluding hydrogens is 546 g/mol. The molecular formula is C34H37N3O4S. The third-order valence-electron chi connectivity index (χ3n) is 7.02. The second-order valence-corrected chi connectivity index (χ2v) is 11.4. The van der Waals surface area contributed by atoms with Crippen LogP contribution in [-0.2, 0) is 17.8 Å². The molecule has 0 aliphatic carbocycles. The maximum atomic E-state index is 14.1. The molecule has 4 aromatic rings. The number of carbonyl (C=O) groups excluding carboxylic acids is 2. The molecule has 0 fully saturated rings. The highest BCUT2D eigenvalue weighted by Gasteiger charge is 2.25. The molecule has 42 heavy (non-hydrogen) atoms. The van der Waals surface area contributed by atoms with Gasteiger partial charge in [-0.1, -0.05) is 72.8 Å². The lowest BCUT2D eigenvalue weighted by Crippen LogP contribution is -2.36. The molecule has 1 heterocycles. The number of likely N-dealkylation sites (N-methyl/N-ethyl adjacent to an activating group) is 1. The Hall–Kier alpha value is -4.27. The van der Waals surface area contributed by atoms with E-state index < -0.39 is 5.97 Å². The number of thiophene rings is 1. The van der Waals surface area contributed by atoms with E-state index in [1.165, 1.54) is 0 Å². The van der Waals surface area contributed by atoms with Crippen LogP contribution in [0.2, 0.25) is 0 Å². The summed E-state index contributed by atoms with van der Waals surface area (Å²) in [6.07, 6.45) is 0.494. The molecule has 0 atom stereocenters. The molecule has 1 aromatic heterocycles. The summed E-state index contributed by atoms with van der Waals surface area (Å²) >= 11 is 1.61. The molecule has 8 heteroatoms. The third-order valence-corrected chi connectivity index (χ3v) is 7.95. The van der Waals surface area contributed by atoms with Gasteiger partial charge in [-0.15, -0.1) is 11.3 Å². The van der Waals surface area contributed by atoms with E-state index in [0.717, 1.165) is 10.4 Å². The van der Waals surface area contributed by atoms with E-state index in [-0.39, 0.29) is 24.8 Å². The molecule has 0 spiro atoms. The smallest absolute Gasteiger partial charge is 0.305 e. The number of rotatable bonds is 14. The van der Waals surface area contributed by atoms with Crippen LogP contribution in [0.5, 0.6) is 0 Å². The van der Waals surface area contributed by atoms with E-state index >= 15 is 0 Å². The zero-order valence-electron chi connectivity index (χ0n) is 24.1. The van der Waals surface area contributed by atoms with Crippen molar-refractivity contribution < 1.29 is 19.5 Å². The minimum atomic E-state index is -0.954. The van der Waals surface area contributed by atoms with E-state index in [2.05, 4.69) is 0 Å². The normalized spacial score (nSPS) is 10.9. The molecule has 0 aliphatic heterocycles. The standard InChI is InChI=1S/C34H37N3O4S/c1-35(2)22-23-37(25-26-11-4-3-5-12-26)34(41)31-17-9-7-15-29(31)28-14-6-8-16-30(28)33(40)36(21-19-32(38)39)20-18-27-13-10-24-42-27/h3-17,24H,18-23,25H2,1-2H3,(H,38,39). The molecule has 0 saturated carbocycles. The van der Waals surface area contributed by atoms with Crippen molar-refractivity contribution in [3.05, 3.63) is 118 Å². The lowest BCUT2D eigenvalue weighted by atomic mass is 9.94. The van der Waals surface area contributed by atoms with Gasteiger partial charge in [0, 0.05) is 48.7 Å². The molecule has 218 valence electrons. The van der Waals surface area contributed by atoms with Gasteiger partial charge in [0.1, 0.15) is 0 Å². The second-order valence-electron chi connectivity index (χ2n) is 10.4. The lowest BCUT2D eigenvalue weighted by molar-refractivity contribution is -0.137. The zero-order valence-corrected chi connectivity index (χ0v) is 24.9. The number of hydrogen-bond donors (Lipinski definition) is 1. The van der Waals surface area contributed by atoms with Gasteiger partial charge in [0.25, 0.3) is 11.8 Å². The van der Waals surface area contributed by atoms with Gasteiger partial charge in [-0.3, -0.25) is 14.4 Å². The largest absolute Gasteiger partial charge is 0.481 e. The number of hydrogen-bond acceptors (Lipinski definition) is 5. The van der Waals surface area contributed by atoms with E-state index in [4.69, 9.17) is 0 Å². The van der Waals surface area contributed by atoms with Crippen molar-refractivity contribution in [1.82, 2.24) is 14.7 Å². The number of benzene rings is 3. The Morgan fingerprint density at radius 1 is 0.667 bits per heavy atom. The Kier molecular flexibility index (Phi) is 11.0. The monoisotopic (exact) mass is 583 g/mol. The van der Waals surface area contributed by atoms with Crippen molar-refractivity contribution in [2.75, 3.05) is 40.3 Å². The summed E-state index contributed by atoms with van der Waals surface area (Å²) in [5.41, 5.74) is 3.32.